The minimum Gasteiger partial charge on any atom is -0.493 e. The molecule has 3 rings (SSSR count). The highest BCUT2D eigenvalue weighted by Crippen LogP contribution is 2.32. The summed E-state index contributed by atoms with van der Waals surface area (Å²) in [6, 6.07) is 5.87. The fourth-order valence-corrected chi connectivity index (χ4v) is 4.11. The molecule has 0 unspecified atom stereocenters. The summed E-state index contributed by atoms with van der Waals surface area (Å²) in [4.78, 5) is 13.9. The van der Waals surface area contributed by atoms with Gasteiger partial charge in [0.25, 0.3) is 0 Å². The summed E-state index contributed by atoms with van der Waals surface area (Å²) in [6.45, 7) is 7.61. The first-order chi connectivity index (χ1) is 14.2. The second-order valence-corrected chi connectivity index (χ2v) is 9.49. The summed E-state index contributed by atoms with van der Waals surface area (Å²) in [5.74, 6) is 1.51. The van der Waals surface area contributed by atoms with Crippen LogP contribution in [0.25, 0.3) is 0 Å². The van der Waals surface area contributed by atoms with E-state index in [1.165, 1.54) is 0 Å². The van der Waals surface area contributed by atoms with Gasteiger partial charge in [0.1, 0.15) is 11.7 Å². The van der Waals surface area contributed by atoms with Gasteiger partial charge in [0, 0.05) is 31.8 Å². The van der Waals surface area contributed by atoms with Gasteiger partial charge in [-0.05, 0) is 44.9 Å². The highest BCUT2D eigenvalue weighted by molar-refractivity contribution is 7.75. The van der Waals surface area contributed by atoms with Crippen molar-refractivity contribution in [1.29, 1.82) is 0 Å². The molecular weight excluding hydrogens is 410 g/mol. The molecule has 168 valence electrons. The Morgan fingerprint density at radius 2 is 1.83 bits per heavy atom. The third-order valence-electron chi connectivity index (χ3n) is 4.94. The van der Waals surface area contributed by atoms with Crippen molar-refractivity contribution >= 4 is 17.5 Å². The molecule has 2 aliphatic heterocycles. The summed E-state index contributed by atoms with van der Waals surface area (Å²) in [6.07, 6.45) is 1.94. The number of hydrogen-bond acceptors (Lipinski definition) is 7. The second kappa shape index (κ2) is 9.98. The standard InChI is InChI=1S/C21H31NO7S/c1-21(2,3)29-20(23)22-9-7-17(8-10-22)28-18-6-5-15(12-19(18)25-4)11-16-13-26-30(24)27-14-16/h5-6,12,16-17H,7-11,13-14H2,1-4H3/t16-,30+. The van der Waals surface area contributed by atoms with Crippen LogP contribution in [0.5, 0.6) is 11.5 Å². The number of amides is 1. The predicted octanol–water partition coefficient (Wildman–Crippen LogP) is 3.26. The fourth-order valence-electron chi connectivity index (χ4n) is 3.44. The zero-order chi connectivity index (χ0) is 21.7. The van der Waals surface area contributed by atoms with E-state index in [4.69, 9.17) is 22.6 Å². The van der Waals surface area contributed by atoms with Crippen molar-refractivity contribution in [2.45, 2.75) is 51.7 Å². The normalized spacial score (nSPS) is 23.1. The van der Waals surface area contributed by atoms with Gasteiger partial charge in [0.15, 0.2) is 11.5 Å². The van der Waals surface area contributed by atoms with Crippen LogP contribution in [0.1, 0.15) is 39.2 Å². The largest absolute Gasteiger partial charge is 0.493 e. The van der Waals surface area contributed by atoms with Crippen LogP contribution < -0.4 is 9.47 Å². The smallest absolute Gasteiger partial charge is 0.410 e. The molecule has 8 nitrogen and oxygen atoms in total. The molecule has 1 aromatic carbocycles. The van der Waals surface area contributed by atoms with Gasteiger partial charge < -0.3 is 19.1 Å². The van der Waals surface area contributed by atoms with Crippen molar-refractivity contribution in [1.82, 2.24) is 4.90 Å². The number of hydrogen-bond donors (Lipinski definition) is 0. The molecule has 0 aliphatic carbocycles. The molecule has 9 heteroatoms. The fraction of sp³-hybridized carbons (Fsp3) is 0.667. The first-order valence-electron chi connectivity index (χ1n) is 10.2. The molecule has 0 radical (unpaired) electrons. The first kappa shape index (κ1) is 22.8. The molecule has 1 amide bonds. The monoisotopic (exact) mass is 441 g/mol. The summed E-state index contributed by atoms with van der Waals surface area (Å²) in [5.41, 5.74) is 0.579. The maximum Gasteiger partial charge on any atom is 0.410 e. The van der Waals surface area contributed by atoms with Crippen molar-refractivity contribution in [2.24, 2.45) is 5.92 Å². The highest BCUT2D eigenvalue weighted by atomic mass is 32.2. The summed E-state index contributed by atoms with van der Waals surface area (Å²) in [7, 11) is 1.62. The Bertz CT molecular complexity index is 746. The summed E-state index contributed by atoms with van der Waals surface area (Å²) in [5, 5.41) is 0. The second-order valence-electron chi connectivity index (χ2n) is 8.61. The Morgan fingerprint density at radius 3 is 2.43 bits per heavy atom. The number of piperidine rings is 1. The maximum absolute atomic E-state index is 12.2. The summed E-state index contributed by atoms with van der Waals surface area (Å²) < 4.78 is 38.4. The Labute approximate surface area is 180 Å². The molecule has 0 spiro atoms. The van der Waals surface area contributed by atoms with Crippen molar-refractivity contribution in [3.05, 3.63) is 23.8 Å². The minimum atomic E-state index is -1.62. The van der Waals surface area contributed by atoms with Gasteiger partial charge >= 0.3 is 17.5 Å². The third kappa shape index (κ3) is 6.58. The number of likely N-dealkylation sites (tertiary alicyclic amines) is 1. The van der Waals surface area contributed by atoms with E-state index < -0.39 is 17.0 Å². The molecule has 0 atom stereocenters. The van der Waals surface area contributed by atoms with Gasteiger partial charge in [-0.15, -0.1) is 0 Å². The highest BCUT2D eigenvalue weighted by Gasteiger charge is 2.28. The Hall–Kier alpha value is -1.84. The minimum absolute atomic E-state index is 0.0126. The molecular formula is C21H31NO7S. The van der Waals surface area contributed by atoms with E-state index in [9.17, 15) is 9.00 Å². The van der Waals surface area contributed by atoms with Gasteiger partial charge in [0.05, 0.1) is 20.3 Å². The lowest BCUT2D eigenvalue weighted by atomic mass is 10.0. The van der Waals surface area contributed by atoms with Crippen molar-refractivity contribution in [3.63, 3.8) is 0 Å². The van der Waals surface area contributed by atoms with Gasteiger partial charge in [-0.1, -0.05) is 6.07 Å². The van der Waals surface area contributed by atoms with E-state index in [1.807, 2.05) is 39.0 Å². The van der Waals surface area contributed by atoms with E-state index in [1.54, 1.807) is 12.0 Å². The van der Waals surface area contributed by atoms with Gasteiger partial charge in [-0.3, -0.25) is 8.37 Å². The zero-order valence-electron chi connectivity index (χ0n) is 18.0. The Morgan fingerprint density at radius 1 is 1.17 bits per heavy atom. The third-order valence-corrected chi connectivity index (χ3v) is 5.60. The van der Waals surface area contributed by atoms with Gasteiger partial charge in [-0.2, -0.15) is 4.21 Å². The van der Waals surface area contributed by atoms with E-state index in [0.29, 0.717) is 37.8 Å². The van der Waals surface area contributed by atoms with Crippen LogP contribution in [-0.4, -0.2) is 60.3 Å². The molecule has 0 aromatic heterocycles. The van der Waals surface area contributed by atoms with Crippen LogP contribution in [0.15, 0.2) is 18.2 Å². The lowest BCUT2D eigenvalue weighted by Gasteiger charge is -2.33. The zero-order valence-corrected chi connectivity index (χ0v) is 18.9. The average Bonchev–Trinajstić information content (AvgIpc) is 2.70. The molecule has 2 saturated heterocycles. The van der Waals surface area contributed by atoms with Crippen LogP contribution in [-0.2, 0) is 30.9 Å². The van der Waals surface area contributed by atoms with E-state index >= 15 is 0 Å². The number of carbonyl (C=O) groups excluding carboxylic acids is 1. The SMILES string of the molecule is COc1cc(C[C@H]2CO[S@@](=O)OC2)ccc1OC1CCN(C(=O)OC(C)(C)C)CC1. The lowest BCUT2D eigenvalue weighted by molar-refractivity contribution is 0.0124. The lowest BCUT2D eigenvalue weighted by Crippen LogP contribution is -2.44. The van der Waals surface area contributed by atoms with Crippen molar-refractivity contribution in [2.75, 3.05) is 33.4 Å². The summed E-state index contributed by atoms with van der Waals surface area (Å²) >= 11 is -1.62. The molecule has 1 aromatic rings. The molecule has 0 N–H and O–H groups in total. The van der Waals surface area contributed by atoms with Crippen LogP contribution in [0.3, 0.4) is 0 Å². The predicted molar refractivity (Wildman–Crippen MR) is 112 cm³/mol. The van der Waals surface area contributed by atoms with Crippen molar-refractivity contribution < 1.29 is 31.6 Å². The number of rotatable bonds is 5. The molecule has 2 aliphatic rings. The van der Waals surface area contributed by atoms with Crippen molar-refractivity contribution in [3.8, 4) is 11.5 Å². The number of methoxy groups -OCH3 is 1. The van der Waals surface area contributed by atoms with Crippen LogP contribution >= 0.6 is 0 Å². The number of nitrogens with zero attached hydrogens (tertiary/aromatic N) is 1. The quantitative estimate of drug-likeness (QED) is 0.693. The number of carbonyl (C=O) groups is 1. The van der Waals surface area contributed by atoms with Crippen LogP contribution in [0.4, 0.5) is 4.79 Å². The van der Waals surface area contributed by atoms with Gasteiger partial charge in [-0.25, -0.2) is 4.79 Å². The van der Waals surface area contributed by atoms with Gasteiger partial charge in [0.2, 0.25) is 0 Å². The number of ether oxygens (including phenoxy) is 3. The van der Waals surface area contributed by atoms with E-state index in [0.717, 1.165) is 24.8 Å². The molecule has 0 saturated carbocycles. The Kier molecular flexibility index (Phi) is 7.60. The molecule has 30 heavy (non-hydrogen) atoms. The topological polar surface area (TPSA) is 83.5 Å². The number of benzene rings is 1. The first-order valence-corrected chi connectivity index (χ1v) is 11.2. The molecule has 2 fully saturated rings. The van der Waals surface area contributed by atoms with E-state index in [2.05, 4.69) is 0 Å². The van der Waals surface area contributed by atoms with Crippen LogP contribution in [0.2, 0.25) is 0 Å². The van der Waals surface area contributed by atoms with E-state index in [-0.39, 0.29) is 18.1 Å². The maximum atomic E-state index is 12.2. The molecule has 2 heterocycles. The van der Waals surface area contributed by atoms with Crippen LogP contribution in [0, 0.1) is 5.92 Å². The average molecular weight is 442 g/mol. The Balaban J connectivity index is 1.53. The molecule has 0 bridgehead atoms.